The lowest BCUT2D eigenvalue weighted by molar-refractivity contribution is 0.201. The van der Waals surface area contributed by atoms with E-state index in [0.717, 1.165) is 16.3 Å². The number of aromatic nitrogens is 2. The molecule has 10 heteroatoms. The minimum atomic E-state index is -0.0872. The van der Waals surface area contributed by atoms with Gasteiger partial charge in [-0.25, -0.2) is 9.97 Å². The van der Waals surface area contributed by atoms with Crippen molar-refractivity contribution in [2.75, 3.05) is 25.1 Å². The van der Waals surface area contributed by atoms with Crippen LogP contribution in [0.2, 0.25) is 5.02 Å². The Kier molecular flexibility index (Phi) is 8.99. The van der Waals surface area contributed by atoms with E-state index in [1.807, 2.05) is 36.6 Å². The molecule has 0 aliphatic heterocycles. The van der Waals surface area contributed by atoms with Gasteiger partial charge in [-0.05, 0) is 36.8 Å². The molecular weight excluding hydrogens is 526 g/mol. The van der Waals surface area contributed by atoms with Gasteiger partial charge in [0.05, 0.1) is 17.9 Å². The van der Waals surface area contributed by atoms with Gasteiger partial charge in [-0.1, -0.05) is 47.6 Å². The Bertz CT molecular complexity index is 1460. The molecule has 0 amide bonds. The first-order valence-corrected chi connectivity index (χ1v) is 13.6. The van der Waals surface area contributed by atoms with Crippen LogP contribution in [-0.4, -0.2) is 34.8 Å². The maximum atomic E-state index is 10.1. The third kappa shape index (κ3) is 6.22. The fourth-order valence-corrected chi connectivity index (χ4v) is 5.52. The number of thioether (sulfide) groups is 1. The van der Waals surface area contributed by atoms with E-state index in [1.54, 1.807) is 35.6 Å². The van der Waals surface area contributed by atoms with Crippen molar-refractivity contribution < 1.29 is 9.84 Å². The Hall–Kier alpha value is -3.60. The number of ether oxygens (including phenoxy) is 1. The molecule has 0 radical (unpaired) electrons. The molecule has 0 saturated heterocycles. The molecule has 0 unspecified atom stereocenters. The van der Waals surface area contributed by atoms with Crippen LogP contribution in [0.4, 0.5) is 5.82 Å². The topological polar surface area (TPSA) is 115 Å². The van der Waals surface area contributed by atoms with Gasteiger partial charge < -0.3 is 15.2 Å². The first kappa shape index (κ1) is 26.5. The SMILES string of the molecule is CCNc1nc(SCc2csc(-c3ccc(Cl)cc3)n2)c(C#N)c(-c2ccc(OCCO)cc2)c1C#N. The lowest BCUT2D eigenvalue weighted by Gasteiger charge is -2.15. The van der Waals surface area contributed by atoms with Gasteiger partial charge in [0, 0.05) is 33.8 Å². The van der Waals surface area contributed by atoms with Gasteiger partial charge in [0.25, 0.3) is 0 Å². The number of aliphatic hydroxyl groups is 1. The van der Waals surface area contributed by atoms with Crippen molar-refractivity contribution in [2.45, 2.75) is 17.7 Å². The number of aliphatic hydroxyl groups excluding tert-OH is 1. The van der Waals surface area contributed by atoms with Crippen LogP contribution in [0.5, 0.6) is 5.75 Å². The number of nitriles is 2. The van der Waals surface area contributed by atoms with Crippen molar-refractivity contribution in [3.05, 3.63) is 75.8 Å². The summed E-state index contributed by atoms with van der Waals surface area (Å²) in [5.74, 6) is 1.53. The van der Waals surface area contributed by atoms with Gasteiger partial charge in [0.1, 0.15) is 45.9 Å². The Morgan fingerprint density at radius 1 is 1.03 bits per heavy atom. The highest BCUT2D eigenvalue weighted by atomic mass is 35.5. The third-order valence-corrected chi connectivity index (χ3v) is 7.44. The highest BCUT2D eigenvalue weighted by Gasteiger charge is 2.22. The second-order valence-electron chi connectivity index (χ2n) is 7.68. The van der Waals surface area contributed by atoms with E-state index in [2.05, 4.69) is 22.4 Å². The Morgan fingerprint density at radius 3 is 2.38 bits per heavy atom. The van der Waals surface area contributed by atoms with Gasteiger partial charge >= 0.3 is 0 Å². The van der Waals surface area contributed by atoms with Crippen LogP contribution in [0.25, 0.3) is 21.7 Å². The van der Waals surface area contributed by atoms with Crippen LogP contribution >= 0.6 is 34.7 Å². The van der Waals surface area contributed by atoms with Gasteiger partial charge in [0.15, 0.2) is 0 Å². The van der Waals surface area contributed by atoms with E-state index in [0.29, 0.717) is 56.2 Å². The van der Waals surface area contributed by atoms with Crippen molar-refractivity contribution >= 4 is 40.5 Å². The van der Waals surface area contributed by atoms with Crippen LogP contribution in [-0.2, 0) is 5.75 Å². The monoisotopic (exact) mass is 547 g/mol. The molecule has 0 spiro atoms. The first-order chi connectivity index (χ1) is 18.1. The quantitative estimate of drug-likeness (QED) is 0.220. The minimum absolute atomic E-state index is 0.0872. The van der Waals surface area contributed by atoms with E-state index in [9.17, 15) is 10.5 Å². The summed E-state index contributed by atoms with van der Waals surface area (Å²) >= 11 is 8.95. The Labute approximate surface area is 228 Å². The lowest BCUT2D eigenvalue weighted by atomic mass is 9.96. The molecule has 0 aliphatic carbocycles. The molecule has 0 atom stereocenters. The molecular formula is C27H22ClN5O2S2. The van der Waals surface area contributed by atoms with E-state index < -0.39 is 0 Å². The number of nitrogens with zero attached hydrogens (tertiary/aromatic N) is 4. The number of nitrogens with one attached hydrogen (secondary N) is 1. The van der Waals surface area contributed by atoms with Crippen molar-refractivity contribution in [3.63, 3.8) is 0 Å². The zero-order chi connectivity index (χ0) is 26.2. The second-order valence-corrected chi connectivity index (χ2v) is 9.94. The van der Waals surface area contributed by atoms with Gasteiger partial charge in [-0.15, -0.1) is 11.3 Å². The van der Waals surface area contributed by atoms with Gasteiger partial charge in [0.2, 0.25) is 0 Å². The van der Waals surface area contributed by atoms with Crippen LogP contribution in [0.15, 0.2) is 58.9 Å². The highest BCUT2D eigenvalue weighted by molar-refractivity contribution is 7.98. The summed E-state index contributed by atoms with van der Waals surface area (Å²) in [6.45, 7) is 2.59. The summed E-state index contributed by atoms with van der Waals surface area (Å²) in [4.78, 5) is 9.39. The normalized spacial score (nSPS) is 10.5. The summed E-state index contributed by atoms with van der Waals surface area (Å²) in [5, 5.41) is 36.3. The largest absolute Gasteiger partial charge is 0.491 e. The van der Waals surface area contributed by atoms with E-state index in [1.165, 1.54) is 11.8 Å². The predicted molar refractivity (Wildman–Crippen MR) is 148 cm³/mol. The fourth-order valence-electron chi connectivity index (χ4n) is 3.59. The second kappa shape index (κ2) is 12.6. The van der Waals surface area contributed by atoms with E-state index in [4.69, 9.17) is 26.4 Å². The number of hydrogen-bond acceptors (Lipinski definition) is 9. The van der Waals surface area contributed by atoms with Gasteiger partial charge in [-0.2, -0.15) is 10.5 Å². The number of halogens is 1. The molecule has 2 aromatic carbocycles. The van der Waals surface area contributed by atoms with Gasteiger partial charge in [-0.3, -0.25) is 0 Å². The maximum Gasteiger partial charge on any atom is 0.146 e. The van der Waals surface area contributed by atoms with Crippen molar-refractivity contribution in [3.8, 4) is 39.6 Å². The Balaban J connectivity index is 1.68. The predicted octanol–water partition coefficient (Wildman–Crippen LogP) is 6.36. The molecule has 186 valence electrons. The summed E-state index contributed by atoms with van der Waals surface area (Å²) in [6, 6.07) is 19.1. The molecule has 0 bridgehead atoms. The number of benzene rings is 2. The smallest absolute Gasteiger partial charge is 0.146 e. The first-order valence-electron chi connectivity index (χ1n) is 11.4. The minimum Gasteiger partial charge on any atom is -0.491 e. The van der Waals surface area contributed by atoms with Crippen molar-refractivity contribution in [2.24, 2.45) is 0 Å². The number of hydrogen-bond donors (Lipinski definition) is 2. The molecule has 2 N–H and O–H groups in total. The summed E-state index contributed by atoms with van der Waals surface area (Å²) < 4.78 is 5.45. The number of thiazole rings is 1. The molecule has 7 nitrogen and oxygen atoms in total. The average Bonchev–Trinajstić information content (AvgIpc) is 3.40. The standard InChI is InChI=1S/C27H22ClN5O2S2/c1-2-31-25-22(13-29)24(17-5-9-21(10-6-17)35-12-11-34)23(14-30)27(33-25)37-16-20-15-36-26(32-20)18-3-7-19(28)8-4-18/h3-10,15,34H,2,11-12,16H2,1H3,(H,31,33). The van der Waals surface area contributed by atoms with Crippen LogP contribution < -0.4 is 10.1 Å². The van der Waals surface area contributed by atoms with Crippen molar-refractivity contribution in [1.82, 2.24) is 9.97 Å². The highest BCUT2D eigenvalue weighted by Crippen LogP contribution is 2.38. The molecule has 0 saturated carbocycles. The van der Waals surface area contributed by atoms with Crippen LogP contribution in [0, 0.1) is 22.7 Å². The molecule has 2 aromatic heterocycles. The molecule has 0 aliphatic rings. The van der Waals surface area contributed by atoms with Crippen LogP contribution in [0.1, 0.15) is 23.7 Å². The van der Waals surface area contributed by atoms with E-state index in [-0.39, 0.29) is 13.2 Å². The van der Waals surface area contributed by atoms with Crippen molar-refractivity contribution in [1.29, 1.82) is 10.5 Å². The number of pyridine rings is 1. The zero-order valence-corrected chi connectivity index (χ0v) is 22.3. The molecule has 37 heavy (non-hydrogen) atoms. The summed E-state index contributed by atoms with van der Waals surface area (Å²) in [5.41, 5.74) is 3.72. The molecule has 4 rings (SSSR count). The summed E-state index contributed by atoms with van der Waals surface area (Å²) in [6.07, 6.45) is 0. The lowest BCUT2D eigenvalue weighted by Crippen LogP contribution is -2.07. The molecule has 2 heterocycles. The molecule has 4 aromatic rings. The molecule has 0 fully saturated rings. The average molecular weight is 548 g/mol. The third-order valence-electron chi connectivity index (χ3n) is 5.23. The van der Waals surface area contributed by atoms with Crippen LogP contribution in [0.3, 0.4) is 0 Å². The fraction of sp³-hybridized carbons (Fsp3) is 0.185. The zero-order valence-electron chi connectivity index (χ0n) is 19.9. The van der Waals surface area contributed by atoms with E-state index >= 15 is 0 Å². The number of rotatable bonds is 10. The number of anilines is 1. The Morgan fingerprint density at radius 2 is 1.73 bits per heavy atom. The maximum absolute atomic E-state index is 10.1. The summed E-state index contributed by atoms with van der Waals surface area (Å²) in [7, 11) is 0.